The summed E-state index contributed by atoms with van der Waals surface area (Å²) in [6, 6.07) is 3.94. The number of halogens is 2. The second-order valence-electron chi connectivity index (χ2n) is 3.09. The van der Waals surface area contributed by atoms with Gasteiger partial charge in [-0.15, -0.1) is 23.7 Å². The summed E-state index contributed by atoms with van der Waals surface area (Å²) in [6.07, 6.45) is 0.431. The molecule has 0 bridgehead atoms. The number of carbonyl (C=O) groups excluding carboxylic acids is 1. The standard InChI is InChI=1S/C9H13BrN2OS.ClH/c1-6(5-11)12-9(13)4-7-2-3-8(10)14-7;/h2-3,6H,4-5,11H2,1H3,(H,12,13);1H/t6-;/m1./s1. The maximum absolute atomic E-state index is 11.4. The molecule has 1 heterocycles. The molecule has 86 valence electrons. The van der Waals surface area contributed by atoms with E-state index >= 15 is 0 Å². The van der Waals surface area contributed by atoms with Gasteiger partial charge in [0.25, 0.3) is 0 Å². The quantitative estimate of drug-likeness (QED) is 0.892. The summed E-state index contributed by atoms with van der Waals surface area (Å²) in [6.45, 7) is 2.36. The van der Waals surface area contributed by atoms with Gasteiger partial charge in [-0.3, -0.25) is 4.79 Å². The highest BCUT2D eigenvalue weighted by Crippen LogP contribution is 2.22. The summed E-state index contributed by atoms with van der Waals surface area (Å²) in [7, 11) is 0. The minimum Gasteiger partial charge on any atom is -0.352 e. The monoisotopic (exact) mass is 312 g/mol. The summed E-state index contributed by atoms with van der Waals surface area (Å²) in [4.78, 5) is 12.5. The van der Waals surface area contributed by atoms with Crippen molar-refractivity contribution in [3.63, 3.8) is 0 Å². The van der Waals surface area contributed by atoms with E-state index in [2.05, 4.69) is 21.2 Å². The van der Waals surface area contributed by atoms with Gasteiger partial charge in [-0.2, -0.15) is 0 Å². The smallest absolute Gasteiger partial charge is 0.225 e. The minimum atomic E-state index is 0. The van der Waals surface area contributed by atoms with E-state index in [1.807, 2.05) is 19.1 Å². The Balaban J connectivity index is 0.00000196. The van der Waals surface area contributed by atoms with E-state index in [1.165, 1.54) is 0 Å². The van der Waals surface area contributed by atoms with Crippen molar-refractivity contribution < 1.29 is 4.79 Å². The molecule has 1 aromatic heterocycles. The van der Waals surface area contributed by atoms with Crippen LogP contribution < -0.4 is 11.1 Å². The van der Waals surface area contributed by atoms with Gasteiger partial charge >= 0.3 is 0 Å². The fourth-order valence-electron chi connectivity index (χ4n) is 0.990. The molecule has 0 aliphatic heterocycles. The third-order valence-electron chi connectivity index (χ3n) is 1.72. The Morgan fingerprint density at radius 2 is 2.33 bits per heavy atom. The van der Waals surface area contributed by atoms with E-state index in [-0.39, 0.29) is 24.4 Å². The van der Waals surface area contributed by atoms with Crippen molar-refractivity contribution in [3.05, 3.63) is 20.8 Å². The number of nitrogens with one attached hydrogen (secondary N) is 1. The first-order chi connectivity index (χ1) is 6.61. The summed E-state index contributed by atoms with van der Waals surface area (Å²) in [5, 5.41) is 2.81. The van der Waals surface area contributed by atoms with Crippen molar-refractivity contribution in [1.29, 1.82) is 0 Å². The molecule has 1 atom stereocenters. The van der Waals surface area contributed by atoms with Gasteiger partial charge < -0.3 is 11.1 Å². The Labute approximate surface area is 108 Å². The first-order valence-corrected chi connectivity index (χ1v) is 5.96. The lowest BCUT2D eigenvalue weighted by molar-refractivity contribution is -0.120. The molecule has 3 N–H and O–H groups in total. The zero-order valence-corrected chi connectivity index (χ0v) is 11.5. The third-order valence-corrected chi connectivity index (χ3v) is 3.35. The Morgan fingerprint density at radius 3 is 2.80 bits per heavy atom. The van der Waals surface area contributed by atoms with E-state index in [0.29, 0.717) is 13.0 Å². The van der Waals surface area contributed by atoms with Gasteiger partial charge in [-0.05, 0) is 35.0 Å². The largest absolute Gasteiger partial charge is 0.352 e. The van der Waals surface area contributed by atoms with Crippen LogP contribution in [0.3, 0.4) is 0 Å². The summed E-state index contributed by atoms with van der Waals surface area (Å²) < 4.78 is 1.05. The van der Waals surface area contributed by atoms with Gasteiger partial charge in [-0.25, -0.2) is 0 Å². The Morgan fingerprint density at radius 1 is 1.67 bits per heavy atom. The normalized spacial score (nSPS) is 11.7. The van der Waals surface area contributed by atoms with E-state index < -0.39 is 0 Å². The van der Waals surface area contributed by atoms with Crippen LogP contribution in [0.15, 0.2) is 15.9 Å². The molecule has 3 nitrogen and oxygen atoms in total. The van der Waals surface area contributed by atoms with E-state index in [9.17, 15) is 4.79 Å². The molecule has 0 aliphatic carbocycles. The van der Waals surface area contributed by atoms with Crippen LogP contribution in [-0.4, -0.2) is 18.5 Å². The van der Waals surface area contributed by atoms with E-state index in [0.717, 1.165) is 8.66 Å². The molecule has 1 aromatic rings. The van der Waals surface area contributed by atoms with Crippen molar-refractivity contribution in [2.45, 2.75) is 19.4 Å². The predicted molar refractivity (Wildman–Crippen MR) is 69.6 cm³/mol. The highest BCUT2D eigenvalue weighted by Gasteiger charge is 2.07. The lowest BCUT2D eigenvalue weighted by atomic mass is 10.3. The topological polar surface area (TPSA) is 55.1 Å². The fourth-order valence-corrected chi connectivity index (χ4v) is 2.47. The van der Waals surface area contributed by atoms with Crippen LogP contribution in [0.4, 0.5) is 0 Å². The average molecular weight is 314 g/mol. The van der Waals surface area contributed by atoms with Crippen molar-refractivity contribution in [2.75, 3.05) is 6.54 Å². The molecule has 1 rings (SSSR count). The summed E-state index contributed by atoms with van der Waals surface area (Å²) in [5.74, 6) is 0.0253. The number of hydrogen-bond donors (Lipinski definition) is 2. The third kappa shape index (κ3) is 5.51. The Hall–Kier alpha value is -0.100. The van der Waals surface area contributed by atoms with Gasteiger partial charge in [0.1, 0.15) is 0 Å². The number of thiophene rings is 1. The molecule has 1 amide bonds. The lowest BCUT2D eigenvalue weighted by Gasteiger charge is -2.10. The van der Waals surface area contributed by atoms with E-state index in [1.54, 1.807) is 11.3 Å². The van der Waals surface area contributed by atoms with Gasteiger partial charge in [0, 0.05) is 17.5 Å². The van der Waals surface area contributed by atoms with Crippen molar-refractivity contribution in [2.24, 2.45) is 5.73 Å². The molecule has 15 heavy (non-hydrogen) atoms. The zero-order chi connectivity index (χ0) is 10.6. The number of nitrogens with two attached hydrogens (primary N) is 1. The molecule has 0 radical (unpaired) electrons. The number of hydrogen-bond acceptors (Lipinski definition) is 3. The molecule has 0 unspecified atom stereocenters. The second kappa shape index (κ2) is 7.22. The molecular formula is C9H14BrClN2OS. The molecule has 0 fully saturated rings. The molecule has 0 aliphatic rings. The first-order valence-electron chi connectivity index (χ1n) is 4.35. The van der Waals surface area contributed by atoms with Crippen LogP contribution in [0.5, 0.6) is 0 Å². The van der Waals surface area contributed by atoms with Gasteiger partial charge in [0.2, 0.25) is 5.91 Å². The van der Waals surface area contributed by atoms with Gasteiger partial charge in [0.05, 0.1) is 10.2 Å². The fraction of sp³-hybridized carbons (Fsp3) is 0.444. The van der Waals surface area contributed by atoms with Crippen molar-refractivity contribution >= 4 is 45.6 Å². The highest BCUT2D eigenvalue weighted by molar-refractivity contribution is 9.11. The van der Waals surface area contributed by atoms with Gasteiger partial charge in [-0.1, -0.05) is 0 Å². The molecule has 0 saturated carbocycles. The van der Waals surface area contributed by atoms with Crippen LogP contribution in [-0.2, 0) is 11.2 Å². The molecule has 6 heteroatoms. The minimum absolute atomic E-state index is 0. The van der Waals surface area contributed by atoms with Crippen LogP contribution in [0.2, 0.25) is 0 Å². The number of amides is 1. The van der Waals surface area contributed by atoms with Crippen LogP contribution >= 0.6 is 39.7 Å². The number of rotatable bonds is 4. The molecule has 0 saturated heterocycles. The lowest BCUT2D eigenvalue weighted by Crippen LogP contribution is -2.38. The summed E-state index contributed by atoms with van der Waals surface area (Å²) >= 11 is 4.93. The van der Waals surface area contributed by atoms with E-state index in [4.69, 9.17) is 5.73 Å². The van der Waals surface area contributed by atoms with Crippen LogP contribution in [0.1, 0.15) is 11.8 Å². The zero-order valence-electron chi connectivity index (χ0n) is 8.33. The van der Waals surface area contributed by atoms with Crippen molar-refractivity contribution in [3.8, 4) is 0 Å². The number of carbonyl (C=O) groups is 1. The van der Waals surface area contributed by atoms with Gasteiger partial charge in [0.15, 0.2) is 0 Å². The maximum atomic E-state index is 11.4. The SMILES string of the molecule is C[C@H](CN)NC(=O)Cc1ccc(Br)s1.Cl. The van der Waals surface area contributed by atoms with Crippen molar-refractivity contribution in [1.82, 2.24) is 5.32 Å². The average Bonchev–Trinajstić information content (AvgIpc) is 2.50. The molecule has 0 aromatic carbocycles. The Bertz CT molecular complexity index is 319. The first kappa shape index (κ1) is 14.9. The van der Waals surface area contributed by atoms with Crippen LogP contribution in [0, 0.1) is 0 Å². The second-order valence-corrected chi connectivity index (χ2v) is 5.63. The summed E-state index contributed by atoms with van der Waals surface area (Å²) in [5.41, 5.74) is 5.40. The molecule has 0 spiro atoms. The Kier molecular flexibility index (Phi) is 7.17. The maximum Gasteiger partial charge on any atom is 0.225 e. The molecular weight excluding hydrogens is 300 g/mol. The highest BCUT2D eigenvalue weighted by atomic mass is 79.9. The predicted octanol–water partition coefficient (Wildman–Crippen LogP) is 1.94. The van der Waals surface area contributed by atoms with Crippen LogP contribution in [0.25, 0.3) is 0 Å².